The third-order valence-corrected chi connectivity index (χ3v) is 3.86. The standard InChI is InChI=1S/C19H21N5/c1-13-7-9-16(10-8-13)23-18-14(2)15(3)22-19(24-18)21-12-17-6-4-5-11-20-17/h4-11H,12H2,1-3H3,(H2,21,22,23,24). The summed E-state index contributed by atoms with van der Waals surface area (Å²) in [5.74, 6) is 1.41. The van der Waals surface area contributed by atoms with Crippen molar-refractivity contribution in [2.75, 3.05) is 10.6 Å². The highest BCUT2D eigenvalue weighted by Crippen LogP contribution is 2.22. The molecule has 0 atom stereocenters. The monoisotopic (exact) mass is 319 g/mol. The number of aryl methyl sites for hydroxylation is 2. The van der Waals surface area contributed by atoms with Crippen molar-refractivity contribution in [1.29, 1.82) is 0 Å². The molecule has 3 aromatic rings. The topological polar surface area (TPSA) is 62.7 Å². The fourth-order valence-corrected chi connectivity index (χ4v) is 2.28. The molecule has 5 nitrogen and oxygen atoms in total. The molecule has 2 aromatic heterocycles. The molecule has 0 saturated heterocycles. The minimum Gasteiger partial charge on any atom is -0.349 e. The molecule has 0 unspecified atom stereocenters. The maximum atomic E-state index is 4.60. The van der Waals surface area contributed by atoms with Gasteiger partial charge >= 0.3 is 0 Å². The van der Waals surface area contributed by atoms with E-state index in [4.69, 9.17) is 0 Å². The van der Waals surface area contributed by atoms with E-state index in [9.17, 15) is 0 Å². The van der Waals surface area contributed by atoms with Crippen LogP contribution in [0.2, 0.25) is 0 Å². The third-order valence-electron chi connectivity index (χ3n) is 3.86. The first-order valence-electron chi connectivity index (χ1n) is 7.94. The third kappa shape index (κ3) is 3.87. The second-order valence-electron chi connectivity index (χ2n) is 5.77. The van der Waals surface area contributed by atoms with Gasteiger partial charge in [0.1, 0.15) is 5.82 Å². The van der Waals surface area contributed by atoms with Crippen molar-refractivity contribution in [2.24, 2.45) is 0 Å². The molecule has 0 aliphatic heterocycles. The predicted molar refractivity (Wildman–Crippen MR) is 97.5 cm³/mol. The summed E-state index contributed by atoms with van der Waals surface area (Å²) in [5, 5.41) is 6.61. The second-order valence-corrected chi connectivity index (χ2v) is 5.77. The van der Waals surface area contributed by atoms with Gasteiger partial charge in [0.05, 0.1) is 12.2 Å². The first-order chi connectivity index (χ1) is 11.6. The second kappa shape index (κ2) is 7.08. The number of nitrogens with one attached hydrogen (secondary N) is 2. The molecule has 0 fully saturated rings. The summed E-state index contributed by atoms with van der Waals surface area (Å²) in [5.41, 5.74) is 5.18. The molecule has 3 rings (SSSR count). The Morgan fingerprint density at radius 3 is 2.42 bits per heavy atom. The molecule has 0 aliphatic carbocycles. The van der Waals surface area contributed by atoms with E-state index in [1.54, 1.807) is 6.20 Å². The van der Waals surface area contributed by atoms with Crippen LogP contribution < -0.4 is 10.6 Å². The number of nitrogens with zero attached hydrogens (tertiary/aromatic N) is 3. The summed E-state index contributed by atoms with van der Waals surface area (Å²) in [4.78, 5) is 13.4. The van der Waals surface area contributed by atoms with Crippen molar-refractivity contribution in [3.8, 4) is 0 Å². The zero-order valence-electron chi connectivity index (χ0n) is 14.2. The molecule has 0 radical (unpaired) electrons. The summed E-state index contributed by atoms with van der Waals surface area (Å²) < 4.78 is 0. The van der Waals surface area contributed by atoms with E-state index in [-0.39, 0.29) is 0 Å². The quantitative estimate of drug-likeness (QED) is 0.739. The maximum absolute atomic E-state index is 4.60. The lowest BCUT2D eigenvalue weighted by Crippen LogP contribution is -2.09. The average molecular weight is 319 g/mol. The van der Waals surface area contributed by atoms with Crippen LogP contribution in [-0.2, 0) is 6.54 Å². The molecule has 0 saturated carbocycles. The van der Waals surface area contributed by atoms with Crippen molar-refractivity contribution in [3.05, 3.63) is 71.2 Å². The van der Waals surface area contributed by atoms with Crippen molar-refractivity contribution >= 4 is 17.5 Å². The Kier molecular flexibility index (Phi) is 4.70. The number of benzene rings is 1. The van der Waals surface area contributed by atoms with Crippen LogP contribution in [0.15, 0.2) is 48.7 Å². The fourth-order valence-electron chi connectivity index (χ4n) is 2.28. The van der Waals surface area contributed by atoms with Gasteiger partial charge < -0.3 is 10.6 Å². The lowest BCUT2D eigenvalue weighted by molar-refractivity contribution is 0.982. The lowest BCUT2D eigenvalue weighted by atomic mass is 10.2. The van der Waals surface area contributed by atoms with Gasteiger partial charge in [-0.1, -0.05) is 23.8 Å². The lowest BCUT2D eigenvalue weighted by Gasteiger charge is -2.13. The highest BCUT2D eigenvalue weighted by atomic mass is 15.1. The van der Waals surface area contributed by atoms with Crippen LogP contribution in [0.3, 0.4) is 0 Å². The molecule has 5 heteroatoms. The van der Waals surface area contributed by atoms with Gasteiger partial charge in [-0.05, 0) is 45.0 Å². The van der Waals surface area contributed by atoms with Crippen LogP contribution >= 0.6 is 0 Å². The smallest absolute Gasteiger partial charge is 0.225 e. The Hall–Kier alpha value is -2.95. The van der Waals surface area contributed by atoms with E-state index in [1.165, 1.54) is 5.56 Å². The van der Waals surface area contributed by atoms with Crippen LogP contribution in [0.25, 0.3) is 0 Å². The van der Waals surface area contributed by atoms with Crippen LogP contribution in [0.1, 0.15) is 22.5 Å². The number of rotatable bonds is 5. The van der Waals surface area contributed by atoms with Crippen LogP contribution in [0.5, 0.6) is 0 Å². The van der Waals surface area contributed by atoms with E-state index in [1.807, 2.05) is 44.2 Å². The Bertz CT molecular complexity index is 813. The first-order valence-corrected chi connectivity index (χ1v) is 7.94. The van der Waals surface area contributed by atoms with Gasteiger partial charge in [0.15, 0.2) is 0 Å². The highest BCUT2D eigenvalue weighted by Gasteiger charge is 2.08. The van der Waals surface area contributed by atoms with Gasteiger partial charge in [-0.2, -0.15) is 4.98 Å². The van der Waals surface area contributed by atoms with Crippen molar-refractivity contribution in [3.63, 3.8) is 0 Å². The van der Waals surface area contributed by atoms with Gasteiger partial charge in [-0.25, -0.2) is 4.98 Å². The van der Waals surface area contributed by atoms with E-state index >= 15 is 0 Å². The van der Waals surface area contributed by atoms with Crippen molar-refractivity contribution < 1.29 is 0 Å². The molecule has 122 valence electrons. The predicted octanol–water partition coefficient (Wildman–Crippen LogP) is 4.15. The number of pyridine rings is 1. The van der Waals surface area contributed by atoms with Crippen LogP contribution in [-0.4, -0.2) is 15.0 Å². The largest absolute Gasteiger partial charge is 0.349 e. The molecule has 0 bridgehead atoms. The fraction of sp³-hybridized carbons (Fsp3) is 0.211. The zero-order valence-corrected chi connectivity index (χ0v) is 14.2. The minimum absolute atomic E-state index is 0.591. The molecule has 2 N–H and O–H groups in total. The van der Waals surface area contributed by atoms with Gasteiger partial charge in [-0.15, -0.1) is 0 Å². The summed E-state index contributed by atoms with van der Waals surface area (Å²) in [7, 11) is 0. The molecule has 0 aliphatic rings. The van der Waals surface area contributed by atoms with Gasteiger partial charge in [0.25, 0.3) is 0 Å². The number of hydrogen-bond donors (Lipinski definition) is 2. The zero-order chi connectivity index (χ0) is 16.9. The molecule has 0 amide bonds. The Morgan fingerprint density at radius 1 is 0.917 bits per heavy atom. The molecule has 1 aromatic carbocycles. The Balaban J connectivity index is 1.79. The molecule has 24 heavy (non-hydrogen) atoms. The molecular formula is C19H21N5. The number of anilines is 3. The molecular weight excluding hydrogens is 298 g/mol. The van der Waals surface area contributed by atoms with E-state index in [2.05, 4.69) is 44.6 Å². The summed E-state index contributed by atoms with van der Waals surface area (Å²) in [6, 6.07) is 14.1. The summed E-state index contributed by atoms with van der Waals surface area (Å²) in [6.45, 7) is 6.68. The van der Waals surface area contributed by atoms with Gasteiger partial charge in [0, 0.05) is 23.1 Å². The van der Waals surface area contributed by atoms with Crippen LogP contribution in [0.4, 0.5) is 17.5 Å². The molecule has 0 spiro atoms. The normalized spacial score (nSPS) is 10.5. The van der Waals surface area contributed by atoms with E-state index < -0.39 is 0 Å². The Morgan fingerprint density at radius 2 is 1.71 bits per heavy atom. The number of hydrogen-bond acceptors (Lipinski definition) is 5. The maximum Gasteiger partial charge on any atom is 0.225 e. The molecule has 2 heterocycles. The summed E-state index contributed by atoms with van der Waals surface area (Å²) in [6.07, 6.45) is 1.78. The van der Waals surface area contributed by atoms with E-state index in [0.29, 0.717) is 12.5 Å². The van der Waals surface area contributed by atoms with Crippen molar-refractivity contribution in [1.82, 2.24) is 15.0 Å². The SMILES string of the molecule is Cc1ccc(Nc2nc(NCc3ccccn3)nc(C)c2C)cc1. The minimum atomic E-state index is 0.591. The van der Waals surface area contributed by atoms with E-state index in [0.717, 1.165) is 28.5 Å². The first kappa shape index (κ1) is 15.9. The van der Waals surface area contributed by atoms with Crippen LogP contribution in [0, 0.1) is 20.8 Å². The summed E-state index contributed by atoms with van der Waals surface area (Å²) >= 11 is 0. The highest BCUT2D eigenvalue weighted by molar-refractivity contribution is 5.61. The van der Waals surface area contributed by atoms with Crippen molar-refractivity contribution in [2.45, 2.75) is 27.3 Å². The number of aromatic nitrogens is 3. The van der Waals surface area contributed by atoms with Gasteiger partial charge in [-0.3, -0.25) is 4.98 Å². The Labute approximate surface area is 142 Å². The average Bonchev–Trinajstić information content (AvgIpc) is 2.60. The van der Waals surface area contributed by atoms with Gasteiger partial charge in [0.2, 0.25) is 5.95 Å².